The van der Waals surface area contributed by atoms with E-state index >= 15 is 0 Å². The number of esters is 1. The van der Waals surface area contributed by atoms with Crippen molar-refractivity contribution in [3.05, 3.63) is 87.4 Å². The molecule has 2 N–H and O–H groups in total. The van der Waals surface area contributed by atoms with Crippen molar-refractivity contribution in [2.45, 2.75) is 59.0 Å². The number of benzene rings is 3. The van der Waals surface area contributed by atoms with E-state index in [2.05, 4.69) is 54.0 Å². The van der Waals surface area contributed by atoms with Crippen LogP contribution >= 0.6 is 11.6 Å². The maximum absolute atomic E-state index is 13.1. The molecule has 0 unspecified atom stereocenters. The monoisotopic (exact) mass is 518 g/mol. The van der Waals surface area contributed by atoms with Gasteiger partial charge in [-0.1, -0.05) is 48.0 Å². The number of ketones is 1. The minimum absolute atomic E-state index is 0.0142. The number of carbonyl (C=O) groups excluding carboxylic acids is 2. The Morgan fingerprint density at radius 1 is 0.973 bits per heavy atom. The summed E-state index contributed by atoms with van der Waals surface area (Å²) in [6.07, 6.45) is 1.41. The maximum atomic E-state index is 13.1. The average Bonchev–Trinajstić information content (AvgIpc) is 3.65. The van der Waals surface area contributed by atoms with Crippen molar-refractivity contribution in [2.24, 2.45) is 0 Å². The summed E-state index contributed by atoms with van der Waals surface area (Å²) < 4.78 is 5.16. The number of ether oxygens (including phenoxy) is 1. The van der Waals surface area contributed by atoms with Crippen LogP contribution in [0.5, 0.6) is 0 Å². The third kappa shape index (κ3) is 6.06. The first-order valence-corrected chi connectivity index (χ1v) is 13.2. The van der Waals surface area contributed by atoms with E-state index < -0.39 is 5.54 Å². The first-order valence-electron chi connectivity index (χ1n) is 12.8. The van der Waals surface area contributed by atoms with Gasteiger partial charge in [0.25, 0.3) is 0 Å². The third-order valence-corrected chi connectivity index (χ3v) is 7.50. The number of nitrogens with one attached hydrogen (secondary N) is 2. The molecule has 1 atom stereocenters. The Labute approximate surface area is 224 Å². The Bertz CT molecular complexity index is 1310. The third-order valence-electron chi connectivity index (χ3n) is 7.08. The van der Waals surface area contributed by atoms with Crippen LogP contribution in [-0.2, 0) is 9.53 Å². The molecule has 3 aromatic carbocycles. The summed E-state index contributed by atoms with van der Waals surface area (Å²) in [5.74, 6) is -0.278. The van der Waals surface area contributed by atoms with Crippen molar-refractivity contribution in [3.8, 4) is 11.1 Å². The summed E-state index contributed by atoms with van der Waals surface area (Å²) in [4.78, 5) is 25.3. The van der Waals surface area contributed by atoms with Gasteiger partial charge in [0.15, 0.2) is 5.78 Å². The number of carbonyl (C=O) groups is 2. The lowest BCUT2D eigenvalue weighted by atomic mass is 9.93. The molecule has 1 saturated carbocycles. The van der Waals surface area contributed by atoms with Gasteiger partial charge in [-0.2, -0.15) is 0 Å². The highest BCUT2D eigenvalue weighted by atomic mass is 35.5. The molecule has 3 aromatic rings. The summed E-state index contributed by atoms with van der Waals surface area (Å²) >= 11 is 6.19. The second-order valence-electron chi connectivity index (χ2n) is 10.0. The second-order valence-corrected chi connectivity index (χ2v) is 10.4. The molecule has 1 aliphatic rings. The Morgan fingerprint density at radius 3 is 2.30 bits per heavy atom. The van der Waals surface area contributed by atoms with E-state index in [1.807, 2.05) is 39.0 Å². The first kappa shape index (κ1) is 26.9. The molecule has 1 fully saturated rings. The Balaban J connectivity index is 1.48. The molecular formula is C31H35ClN2O3. The molecular weight excluding hydrogens is 484 g/mol. The summed E-state index contributed by atoms with van der Waals surface area (Å²) in [5, 5.41) is 7.52. The fourth-order valence-corrected chi connectivity index (χ4v) is 4.93. The average molecular weight is 519 g/mol. The van der Waals surface area contributed by atoms with Gasteiger partial charge in [0.05, 0.1) is 13.2 Å². The zero-order valence-corrected chi connectivity index (χ0v) is 23.0. The molecule has 0 aliphatic heterocycles. The van der Waals surface area contributed by atoms with Crippen LogP contribution in [0, 0.1) is 20.8 Å². The lowest BCUT2D eigenvalue weighted by Gasteiger charge is -2.18. The summed E-state index contributed by atoms with van der Waals surface area (Å²) in [5.41, 5.74) is 7.25. The minimum atomic E-state index is -0.692. The van der Waals surface area contributed by atoms with Gasteiger partial charge >= 0.3 is 5.97 Å². The topological polar surface area (TPSA) is 67.4 Å². The zero-order chi connectivity index (χ0) is 26.7. The molecule has 0 amide bonds. The maximum Gasteiger partial charge on any atom is 0.326 e. The quantitative estimate of drug-likeness (QED) is 0.224. The highest BCUT2D eigenvalue weighted by Gasteiger charge is 2.51. The fraction of sp³-hybridized carbons (Fsp3) is 0.355. The van der Waals surface area contributed by atoms with Gasteiger partial charge in [-0.3, -0.25) is 14.9 Å². The Kier molecular flexibility index (Phi) is 8.05. The van der Waals surface area contributed by atoms with Gasteiger partial charge in [-0.15, -0.1) is 0 Å². The number of hydrogen-bond acceptors (Lipinski definition) is 5. The molecule has 0 bridgehead atoms. The van der Waals surface area contributed by atoms with Crippen molar-refractivity contribution in [1.82, 2.24) is 5.32 Å². The van der Waals surface area contributed by atoms with Crippen molar-refractivity contribution in [2.75, 3.05) is 18.5 Å². The molecule has 0 radical (unpaired) electrons. The van der Waals surface area contributed by atoms with E-state index in [1.165, 1.54) is 5.56 Å². The van der Waals surface area contributed by atoms with Crippen molar-refractivity contribution < 1.29 is 14.3 Å². The Hall–Kier alpha value is -3.15. The van der Waals surface area contributed by atoms with Gasteiger partial charge in [0.2, 0.25) is 0 Å². The van der Waals surface area contributed by atoms with Crippen LogP contribution in [0.3, 0.4) is 0 Å². The second kappa shape index (κ2) is 11.1. The van der Waals surface area contributed by atoms with Crippen molar-refractivity contribution in [3.63, 3.8) is 0 Å². The number of rotatable bonds is 10. The molecule has 5 nitrogen and oxygen atoms in total. The van der Waals surface area contributed by atoms with Gasteiger partial charge in [-0.25, -0.2) is 0 Å². The van der Waals surface area contributed by atoms with Crippen molar-refractivity contribution in [1.29, 1.82) is 0 Å². The van der Waals surface area contributed by atoms with Crippen LogP contribution in [0.1, 0.15) is 65.3 Å². The lowest BCUT2D eigenvalue weighted by molar-refractivity contribution is -0.146. The normalized spacial score (nSPS) is 14.6. The number of hydrogen-bond donors (Lipinski definition) is 2. The molecule has 0 aromatic heterocycles. The van der Waals surface area contributed by atoms with Crippen LogP contribution in [0.2, 0.25) is 5.02 Å². The summed E-state index contributed by atoms with van der Waals surface area (Å²) in [7, 11) is 0. The van der Waals surface area contributed by atoms with Crippen LogP contribution in [0.4, 0.5) is 5.69 Å². The molecule has 194 valence electrons. The smallest absolute Gasteiger partial charge is 0.326 e. The van der Waals surface area contributed by atoms with Gasteiger partial charge in [0, 0.05) is 22.3 Å². The highest BCUT2D eigenvalue weighted by Crippen LogP contribution is 2.37. The van der Waals surface area contributed by atoms with E-state index in [9.17, 15) is 9.59 Å². The molecule has 1 aliphatic carbocycles. The Morgan fingerprint density at radius 2 is 1.68 bits per heavy atom. The van der Waals surface area contributed by atoms with E-state index in [1.54, 1.807) is 6.92 Å². The number of anilines is 1. The standard InChI is InChI=1S/C31H35ClN2O3/c1-6-37-30(36)31(12-13-31)33-18-28(35)29-20(3)15-25(16-21(29)4)24-8-7-9-26(17-24)34-22(5)23-10-11-27(32)19(2)14-23/h7-11,14-17,22,33-34H,6,12-13,18H2,1-5H3/t22-/m1/s1. The predicted octanol–water partition coefficient (Wildman–Crippen LogP) is 6.97. The van der Waals surface area contributed by atoms with E-state index in [0.29, 0.717) is 25.0 Å². The van der Waals surface area contributed by atoms with E-state index in [0.717, 1.165) is 38.5 Å². The number of Topliss-reactive ketones (excluding diaryl/α,β-unsaturated/α-hetero) is 1. The number of aryl methyl sites for hydroxylation is 3. The summed E-state index contributed by atoms with van der Waals surface area (Å²) in [6.45, 7) is 10.3. The molecule has 37 heavy (non-hydrogen) atoms. The highest BCUT2D eigenvalue weighted by molar-refractivity contribution is 6.31. The van der Waals surface area contributed by atoms with Crippen LogP contribution < -0.4 is 10.6 Å². The number of halogens is 1. The molecule has 0 heterocycles. The summed E-state index contributed by atoms with van der Waals surface area (Å²) in [6, 6.07) is 18.6. The van der Waals surface area contributed by atoms with Gasteiger partial charge in [-0.05, 0) is 99.0 Å². The van der Waals surface area contributed by atoms with E-state index in [-0.39, 0.29) is 24.3 Å². The first-order chi connectivity index (χ1) is 17.6. The van der Waals surface area contributed by atoms with Crippen LogP contribution in [-0.4, -0.2) is 30.4 Å². The van der Waals surface area contributed by atoms with Crippen LogP contribution in [0.25, 0.3) is 11.1 Å². The van der Waals surface area contributed by atoms with Crippen LogP contribution in [0.15, 0.2) is 54.6 Å². The van der Waals surface area contributed by atoms with E-state index in [4.69, 9.17) is 16.3 Å². The minimum Gasteiger partial charge on any atom is -0.465 e. The zero-order valence-electron chi connectivity index (χ0n) is 22.2. The van der Waals surface area contributed by atoms with Gasteiger partial charge in [0.1, 0.15) is 5.54 Å². The fourth-order valence-electron chi connectivity index (χ4n) is 4.81. The molecule has 6 heteroatoms. The lowest BCUT2D eigenvalue weighted by Crippen LogP contribution is -2.43. The molecule has 0 saturated heterocycles. The largest absolute Gasteiger partial charge is 0.465 e. The predicted molar refractivity (Wildman–Crippen MR) is 151 cm³/mol. The van der Waals surface area contributed by atoms with Gasteiger partial charge < -0.3 is 10.1 Å². The SMILES string of the molecule is CCOC(=O)C1(NCC(=O)c2c(C)cc(-c3cccc(N[C@H](C)c4ccc(Cl)c(C)c4)c3)cc2C)CC1. The molecule has 0 spiro atoms. The van der Waals surface area contributed by atoms with Crippen molar-refractivity contribution >= 4 is 29.0 Å². The molecule has 4 rings (SSSR count).